The lowest BCUT2D eigenvalue weighted by atomic mass is 10.2. The molecule has 0 atom stereocenters. The number of aromatic amines is 1. The Morgan fingerprint density at radius 3 is 3.11 bits per heavy atom. The summed E-state index contributed by atoms with van der Waals surface area (Å²) in [6, 6.07) is 0. The first-order valence-electron chi connectivity index (χ1n) is 5.75. The Morgan fingerprint density at radius 1 is 1.61 bits per heavy atom. The molecule has 2 aromatic heterocycles. The Morgan fingerprint density at radius 2 is 2.44 bits per heavy atom. The van der Waals surface area contributed by atoms with Gasteiger partial charge in [0, 0.05) is 17.0 Å². The first-order chi connectivity index (χ1) is 8.75. The van der Waals surface area contributed by atoms with Crippen molar-refractivity contribution in [2.75, 3.05) is 5.73 Å². The molecular weight excluding hydrogens is 250 g/mol. The highest BCUT2D eigenvalue weighted by molar-refractivity contribution is 7.09. The normalized spacial score (nSPS) is 14.7. The van der Waals surface area contributed by atoms with E-state index in [0.29, 0.717) is 23.8 Å². The number of nitrogens with one attached hydrogen (secondary N) is 2. The van der Waals surface area contributed by atoms with E-state index in [2.05, 4.69) is 20.5 Å². The lowest BCUT2D eigenvalue weighted by Crippen LogP contribution is -2.23. The van der Waals surface area contributed by atoms with E-state index in [-0.39, 0.29) is 5.91 Å². The third-order valence-electron chi connectivity index (χ3n) is 2.94. The lowest BCUT2D eigenvalue weighted by molar-refractivity contribution is 0.0947. The molecule has 4 N–H and O–H groups in total. The molecule has 0 aromatic carbocycles. The van der Waals surface area contributed by atoms with Crippen LogP contribution in [-0.2, 0) is 6.54 Å². The highest BCUT2D eigenvalue weighted by Crippen LogP contribution is 2.42. The summed E-state index contributed by atoms with van der Waals surface area (Å²) >= 11 is 1.50. The summed E-state index contributed by atoms with van der Waals surface area (Å²) in [4.78, 5) is 16.9. The maximum absolute atomic E-state index is 11.9. The molecule has 1 saturated carbocycles. The van der Waals surface area contributed by atoms with Gasteiger partial charge in [-0.25, -0.2) is 0 Å². The number of amides is 1. The van der Waals surface area contributed by atoms with Crippen LogP contribution >= 0.6 is 11.3 Å². The lowest BCUT2D eigenvalue weighted by Gasteiger charge is -2.01. The molecule has 18 heavy (non-hydrogen) atoms. The summed E-state index contributed by atoms with van der Waals surface area (Å²) in [6.07, 6.45) is 3.97. The van der Waals surface area contributed by atoms with Crippen molar-refractivity contribution in [1.29, 1.82) is 0 Å². The molecule has 94 valence electrons. The van der Waals surface area contributed by atoms with Gasteiger partial charge in [-0.2, -0.15) is 5.10 Å². The zero-order valence-electron chi connectivity index (χ0n) is 9.64. The number of aromatic nitrogens is 3. The molecule has 0 bridgehead atoms. The maximum atomic E-state index is 11.9. The summed E-state index contributed by atoms with van der Waals surface area (Å²) in [7, 11) is 0. The van der Waals surface area contributed by atoms with E-state index in [9.17, 15) is 4.79 Å². The molecule has 0 spiro atoms. The molecule has 0 aliphatic heterocycles. The largest absolute Gasteiger partial charge is 0.395 e. The molecule has 0 unspecified atom stereocenters. The van der Waals surface area contributed by atoms with Crippen LogP contribution in [-0.4, -0.2) is 21.1 Å². The number of hydrogen-bond acceptors (Lipinski definition) is 5. The van der Waals surface area contributed by atoms with Crippen molar-refractivity contribution >= 4 is 22.9 Å². The molecule has 0 saturated heterocycles. The van der Waals surface area contributed by atoms with Crippen molar-refractivity contribution in [3.63, 3.8) is 0 Å². The molecule has 2 aromatic rings. The summed E-state index contributed by atoms with van der Waals surface area (Å²) < 4.78 is 0. The molecule has 1 aliphatic rings. The minimum atomic E-state index is -0.246. The molecule has 7 heteroatoms. The highest BCUT2D eigenvalue weighted by Gasteiger charge is 2.30. The van der Waals surface area contributed by atoms with Gasteiger partial charge in [-0.3, -0.25) is 14.9 Å². The molecular formula is C11H13N5OS. The number of rotatable bonds is 4. The van der Waals surface area contributed by atoms with E-state index in [1.165, 1.54) is 11.3 Å². The highest BCUT2D eigenvalue weighted by atomic mass is 32.1. The number of thiazole rings is 1. The first kappa shape index (κ1) is 11.2. The van der Waals surface area contributed by atoms with Crippen LogP contribution in [0.5, 0.6) is 0 Å². The van der Waals surface area contributed by atoms with Crippen molar-refractivity contribution in [3.05, 3.63) is 28.0 Å². The smallest absolute Gasteiger partial charge is 0.274 e. The maximum Gasteiger partial charge on any atom is 0.274 e. The number of nitrogens with zero attached hydrogens (tertiary/aromatic N) is 2. The Hall–Kier alpha value is -1.89. The van der Waals surface area contributed by atoms with Crippen LogP contribution in [0, 0.1) is 0 Å². The molecule has 1 amide bonds. The van der Waals surface area contributed by atoms with Gasteiger partial charge in [0.1, 0.15) is 0 Å². The number of carbonyl (C=O) groups is 1. The predicted molar refractivity (Wildman–Crippen MR) is 68.3 cm³/mol. The number of H-pyrrole nitrogens is 1. The third kappa shape index (κ3) is 2.08. The van der Waals surface area contributed by atoms with E-state index < -0.39 is 0 Å². The van der Waals surface area contributed by atoms with Gasteiger partial charge in [0.05, 0.1) is 23.4 Å². The van der Waals surface area contributed by atoms with E-state index in [1.807, 2.05) is 0 Å². The van der Waals surface area contributed by atoms with Crippen molar-refractivity contribution < 1.29 is 4.79 Å². The van der Waals surface area contributed by atoms with E-state index in [4.69, 9.17) is 5.73 Å². The first-order valence-corrected chi connectivity index (χ1v) is 6.63. The summed E-state index contributed by atoms with van der Waals surface area (Å²) in [5.74, 6) is 0.213. The van der Waals surface area contributed by atoms with Gasteiger partial charge in [-0.15, -0.1) is 11.3 Å². The zero-order chi connectivity index (χ0) is 12.5. The standard InChI is InChI=1S/C11H13N5OS/c12-8-9(6-1-2-6)15-16-10(8)11(17)14-4-7-3-13-5-18-7/h3,5-6H,1-2,4,12H2,(H,14,17)(H,15,16). The van der Waals surface area contributed by atoms with Crippen LogP contribution in [0.4, 0.5) is 5.69 Å². The van der Waals surface area contributed by atoms with Crippen LogP contribution in [0.15, 0.2) is 11.7 Å². The quantitative estimate of drug-likeness (QED) is 0.773. The fourth-order valence-corrected chi connectivity index (χ4v) is 2.34. The van der Waals surface area contributed by atoms with Crippen LogP contribution in [0.2, 0.25) is 0 Å². The van der Waals surface area contributed by atoms with Gasteiger partial charge < -0.3 is 11.1 Å². The van der Waals surface area contributed by atoms with Crippen LogP contribution in [0.1, 0.15) is 39.8 Å². The fourth-order valence-electron chi connectivity index (χ4n) is 1.80. The molecule has 2 heterocycles. The summed E-state index contributed by atoms with van der Waals surface area (Å²) in [5.41, 5.74) is 9.34. The van der Waals surface area contributed by atoms with Gasteiger partial charge in [0.2, 0.25) is 0 Å². The van der Waals surface area contributed by atoms with E-state index in [1.54, 1.807) is 11.7 Å². The second kappa shape index (κ2) is 4.41. The average Bonchev–Trinajstić information content (AvgIpc) is 2.93. The summed E-state index contributed by atoms with van der Waals surface area (Å²) in [6.45, 7) is 0.453. The Labute approximate surface area is 108 Å². The zero-order valence-corrected chi connectivity index (χ0v) is 10.5. The van der Waals surface area contributed by atoms with Crippen LogP contribution < -0.4 is 11.1 Å². The molecule has 1 fully saturated rings. The molecule has 3 rings (SSSR count). The minimum Gasteiger partial charge on any atom is -0.395 e. The van der Waals surface area contributed by atoms with E-state index >= 15 is 0 Å². The summed E-state index contributed by atoms with van der Waals surface area (Å²) in [5, 5.41) is 9.65. The van der Waals surface area contributed by atoms with E-state index in [0.717, 1.165) is 23.4 Å². The monoisotopic (exact) mass is 263 g/mol. The number of anilines is 1. The van der Waals surface area contributed by atoms with Gasteiger partial charge in [-0.05, 0) is 12.8 Å². The van der Waals surface area contributed by atoms with Crippen molar-refractivity contribution in [2.24, 2.45) is 0 Å². The number of carbonyl (C=O) groups excluding carboxylic acids is 1. The molecule has 1 aliphatic carbocycles. The predicted octanol–water partition coefficient (Wildman–Crippen LogP) is 1.26. The Balaban J connectivity index is 1.68. The number of hydrogen-bond donors (Lipinski definition) is 3. The van der Waals surface area contributed by atoms with Crippen LogP contribution in [0.25, 0.3) is 0 Å². The van der Waals surface area contributed by atoms with Crippen molar-refractivity contribution in [1.82, 2.24) is 20.5 Å². The van der Waals surface area contributed by atoms with Crippen molar-refractivity contribution in [3.8, 4) is 0 Å². The van der Waals surface area contributed by atoms with Gasteiger partial charge in [-0.1, -0.05) is 0 Å². The van der Waals surface area contributed by atoms with Crippen LogP contribution in [0.3, 0.4) is 0 Å². The minimum absolute atomic E-state index is 0.246. The van der Waals surface area contributed by atoms with Gasteiger partial charge >= 0.3 is 0 Å². The van der Waals surface area contributed by atoms with Gasteiger partial charge in [0.15, 0.2) is 5.69 Å². The topological polar surface area (TPSA) is 96.7 Å². The molecule has 6 nitrogen and oxygen atoms in total. The third-order valence-corrected chi connectivity index (χ3v) is 3.72. The second-order valence-corrected chi connectivity index (χ2v) is 5.30. The molecule has 0 radical (unpaired) electrons. The number of nitrogen functional groups attached to an aromatic ring is 1. The van der Waals surface area contributed by atoms with Crippen molar-refractivity contribution in [2.45, 2.75) is 25.3 Å². The number of nitrogens with two attached hydrogens (primary N) is 1. The Bertz CT molecular complexity index is 558. The average molecular weight is 263 g/mol. The van der Waals surface area contributed by atoms with Gasteiger partial charge in [0.25, 0.3) is 5.91 Å². The second-order valence-electron chi connectivity index (χ2n) is 4.32. The Kier molecular flexibility index (Phi) is 2.75. The fraction of sp³-hybridized carbons (Fsp3) is 0.364. The SMILES string of the molecule is Nc1c(C(=O)NCc2cncs2)n[nH]c1C1CC1.